The first-order chi connectivity index (χ1) is 5.16. The number of hydrogen-bond acceptors (Lipinski definition) is 2. The Bertz CT molecular complexity index is 81.6. The molecule has 0 saturated heterocycles. The molecule has 0 fully saturated rings. The third-order valence-corrected chi connectivity index (χ3v) is 1.54. The number of rotatable bonds is 6. The number of hydrogen-bond donors (Lipinski definition) is 1. The summed E-state index contributed by atoms with van der Waals surface area (Å²) in [5.74, 6) is 0.656. The van der Waals surface area contributed by atoms with E-state index in [4.69, 9.17) is 9.84 Å². The summed E-state index contributed by atoms with van der Waals surface area (Å²) in [5, 5.41) is 9.14. The van der Waals surface area contributed by atoms with Gasteiger partial charge in [-0.1, -0.05) is 27.2 Å². The van der Waals surface area contributed by atoms with E-state index in [2.05, 4.69) is 13.8 Å². The van der Waals surface area contributed by atoms with E-state index < -0.39 is 6.29 Å². The van der Waals surface area contributed by atoms with Crippen LogP contribution in [0.3, 0.4) is 0 Å². The van der Waals surface area contributed by atoms with Crippen molar-refractivity contribution in [2.24, 2.45) is 5.92 Å². The first-order valence-electron chi connectivity index (χ1n) is 4.46. The average Bonchev–Trinajstić information content (AvgIpc) is 1.87. The lowest BCUT2D eigenvalue weighted by Crippen LogP contribution is -2.13. The average molecular weight is 160 g/mol. The van der Waals surface area contributed by atoms with Gasteiger partial charge in [0.15, 0.2) is 6.29 Å². The van der Waals surface area contributed by atoms with E-state index in [1.165, 1.54) is 0 Å². The Morgan fingerprint density at radius 1 is 1.27 bits per heavy atom. The molecular weight excluding hydrogens is 140 g/mol. The van der Waals surface area contributed by atoms with Crippen molar-refractivity contribution in [1.29, 1.82) is 0 Å². The molecule has 11 heavy (non-hydrogen) atoms. The number of aliphatic hydroxyl groups is 1. The second-order valence-electron chi connectivity index (χ2n) is 3.30. The van der Waals surface area contributed by atoms with E-state index >= 15 is 0 Å². The molecule has 0 saturated carbocycles. The number of ether oxygens (including phenoxy) is 1. The van der Waals surface area contributed by atoms with Gasteiger partial charge in [0.05, 0.1) is 0 Å². The SMILES string of the molecule is CCCC(O)OCCC(C)C. The fourth-order valence-corrected chi connectivity index (χ4v) is 0.770. The van der Waals surface area contributed by atoms with Gasteiger partial charge in [-0.2, -0.15) is 0 Å². The molecule has 0 aliphatic rings. The van der Waals surface area contributed by atoms with Crippen LogP contribution < -0.4 is 0 Å². The Labute approximate surface area is 69.6 Å². The highest BCUT2D eigenvalue weighted by atomic mass is 16.6. The molecule has 1 N–H and O–H groups in total. The molecule has 0 amide bonds. The monoisotopic (exact) mass is 160 g/mol. The van der Waals surface area contributed by atoms with Crippen LogP contribution in [0.1, 0.15) is 40.0 Å². The van der Waals surface area contributed by atoms with Crippen molar-refractivity contribution in [3.8, 4) is 0 Å². The molecule has 1 atom stereocenters. The van der Waals surface area contributed by atoms with E-state index in [0.29, 0.717) is 12.5 Å². The minimum Gasteiger partial charge on any atom is -0.368 e. The Hall–Kier alpha value is -0.0800. The van der Waals surface area contributed by atoms with Gasteiger partial charge >= 0.3 is 0 Å². The predicted octanol–water partition coefficient (Wildman–Crippen LogP) is 2.17. The van der Waals surface area contributed by atoms with Crippen molar-refractivity contribution in [2.45, 2.75) is 46.3 Å². The van der Waals surface area contributed by atoms with Crippen molar-refractivity contribution in [3.63, 3.8) is 0 Å². The Balaban J connectivity index is 3.10. The summed E-state index contributed by atoms with van der Waals surface area (Å²) in [5.41, 5.74) is 0. The van der Waals surface area contributed by atoms with Crippen LogP contribution in [-0.4, -0.2) is 18.0 Å². The van der Waals surface area contributed by atoms with Crippen LogP contribution in [0.5, 0.6) is 0 Å². The molecular formula is C9H20O2. The van der Waals surface area contributed by atoms with Gasteiger partial charge in [0, 0.05) is 6.61 Å². The molecule has 0 rings (SSSR count). The van der Waals surface area contributed by atoms with Crippen molar-refractivity contribution in [3.05, 3.63) is 0 Å². The summed E-state index contributed by atoms with van der Waals surface area (Å²) in [6.07, 6.45) is 2.21. The fraction of sp³-hybridized carbons (Fsp3) is 1.00. The van der Waals surface area contributed by atoms with Gasteiger partial charge in [0.1, 0.15) is 0 Å². The van der Waals surface area contributed by atoms with Gasteiger partial charge < -0.3 is 9.84 Å². The Morgan fingerprint density at radius 3 is 2.36 bits per heavy atom. The summed E-state index contributed by atoms with van der Waals surface area (Å²) >= 11 is 0. The third kappa shape index (κ3) is 7.82. The zero-order valence-electron chi connectivity index (χ0n) is 7.84. The van der Waals surface area contributed by atoms with Crippen LogP contribution in [0.25, 0.3) is 0 Å². The van der Waals surface area contributed by atoms with E-state index in [1.807, 2.05) is 6.92 Å². The molecule has 0 spiro atoms. The molecule has 0 aromatic carbocycles. The normalized spacial score (nSPS) is 13.9. The quantitative estimate of drug-likeness (QED) is 0.603. The van der Waals surface area contributed by atoms with E-state index in [9.17, 15) is 0 Å². The minimum absolute atomic E-state index is 0.543. The molecule has 0 aliphatic carbocycles. The van der Waals surface area contributed by atoms with Gasteiger partial charge in [-0.25, -0.2) is 0 Å². The highest BCUT2D eigenvalue weighted by molar-refractivity contribution is 4.44. The summed E-state index contributed by atoms with van der Waals surface area (Å²) in [6.45, 7) is 7.01. The van der Waals surface area contributed by atoms with Crippen LogP contribution in [-0.2, 0) is 4.74 Å². The van der Waals surface area contributed by atoms with Crippen molar-refractivity contribution in [2.75, 3.05) is 6.61 Å². The maximum Gasteiger partial charge on any atom is 0.154 e. The topological polar surface area (TPSA) is 29.5 Å². The molecule has 0 heterocycles. The van der Waals surface area contributed by atoms with Crippen LogP contribution in [0.2, 0.25) is 0 Å². The van der Waals surface area contributed by atoms with Crippen molar-refractivity contribution < 1.29 is 9.84 Å². The standard InChI is InChI=1S/C9H20O2/c1-4-5-9(10)11-7-6-8(2)3/h8-10H,4-7H2,1-3H3. The lowest BCUT2D eigenvalue weighted by Gasteiger charge is -2.11. The van der Waals surface area contributed by atoms with Gasteiger partial charge in [-0.05, 0) is 18.8 Å². The smallest absolute Gasteiger partial charge is 0.154 e. The molecule has 0 bridgehead atoms. The Morgan fingerprint density at radius 2 is 1.91 bits per heavy atom. The van der Waals surface area contributed by atoms with Crippen molar-refractivity contribution >= 4 is 0 Å². The second kappa shape index (κ2) is 6.62. The summed E-state index contributed by atoms with van der Waals surface area (Å²) < 4.78 is 5.15. The molecule has 1 unspecified atom stereocenters. The molecule has 0 aromatic rings. The summed E-state index contributed by atoms with van der Waals surface area (Å²) in [6, 6.07) is 0. The van der Waals surface area contributed by atoms with Crippen LogP contribution >= 0.6 is 0 Å². The van der Waals surface area contributed by atoms with E-state index in [-0.39, 0.29) is 0 Å². The minimum atomic E-state index is -0.543. The summed E-state index contributed by atoms with van der Waals surface area (Å²) in [4.78, 5) is 0. The van der Waals surface area contributed by atoms with E-state index in [0.717, 1.165) is 19.3 Å². The predicted molar refractivity (Wildman–Crippen MR) is 46.3 cm³/mol. The fourth-order valence-electron chi connectivity index (χ4n) is 0.770. The van der Waals surface area contributed by atoms with Gasteiger partial charge in [0.2, 0.25) is 0 Å². The van der Waals surface area contributed by atoms with Crippen LogP contribution in [0.15, 0.2) is 0 Å². The maximum atomic E-state index is 9.14. The van der Waals surface area contributed by atoms with Gasteiger partial charge in [-0.15, -0.1) is 0 Å². The lowest BCUT2D eigenvalue weighted by molar-refractivity contribution is -0.105. The molecule has 68 valence electrons. The Kier molecular flexibility index (Phi) is 6.57. The molecule has 0 aliphatic heterocycles. The highest BCUT2D eigenvalue weighted by Crippen LogP contribution is 2.03. The van der Waals surface area contributed by atoms with Gasteiger partial charge in [-0.3, -0.25) is 0 Å². The highest BCUT2D eigenvalue weighted by Gasteiger charge is 2.01. The summed E-state index contributed by atoms with van der Waals surface area (Å²) in [7, 11) is 0. The first-order valence-corrected chi connectivity index (χ1v) is 4.46. The van der Waals surface area contributed by atoms with Gasteiger partial charge in [0.25, 0.3) is 0 Å². The number of aliphatic hydroxyl groups excluding tert-OH is 1. The van der Waals surface area contributed by atoms with Crippen molar-refractivity contribution in [1.82, 2.24) is 0 Å². The van der Waals surface area contributed by atoms with E-state index in [1.54, 1.807) is 0 Å². The molecule has 0 radical (unpaired) electrons. The van der Waals surface area contributed by atoms with Crippen LogP contribution in [0.4, 0.5) is 0 Å². The molecule has 2 heteroatoms. The first kappa shape index (κ1) is 10.9. The maximum absolute atomic E-state index is 9.14. The molecule has 2 nitrogen and oxygen atoms in total. The van der Waals surface area contributed by atoms with Crippen LogP contribution in [0, 0.1) is 5.92 Å². The zero-order chi connectivity index (χ0) is 8.69. The second-order valence-corrected chi connectivity index (χ2v) is 3.30. The zero-order valence-corrected chi connectivity index (χ0v) is 7.84. The lowest BCUT2D eigenvalue weighted by atomic mass is 10.1. The third-order valence-electron chi connectivity index (χ3n) is 1.54. The molecule has 0 aromatic heterocycles. The largest absolute Gasteiger partial charge is 0.368 e.